The summed E-state index contributed by atoms with van der Waals surface area (Å²) in [6.07, 6.45) is 1.34. The molecule has 7 heteroatoms. The van der Waals surface area contributed by atoms with E-state index in [2.05, 4.69) is 0 Å². The molecule has 0 spiro atoms. The first kappa shape index (κ1) is 11.9. The van der Waals surface area contributed by atoms with Crippen LogP contribution in [0.2, 0.25) is 0 Å². The fourth-order valence-corrected chi connectivity index (χ4v) is 1.07. The fraction of sp³-hybridized carbons (Fsp3) is 0.333. The lowest BCUT2D eigenvalue weighted by molar-refractivity contribution is -0.386. The third kappa shape index (κ3) is 2.44. The van der Waals surface area contributed by atoms with Crippen molar-refractivity contribution in [1.29, 1.82) is 0 Å². The summed E-state index contributed by atoms with van der Waals surface area (Å²) in [6.45, 7) is -0.201. The lowest BCUT2D eigenvalue weighted by Gasteiger charge is -2.10. The number of aromatic nitrogens is 1. The summed E-state index contributed by atoms with van der Waals surface area (Å²) in [4.78, 5) is 33.9. The molecule has 1 heterocycles. The maximum absolute atomic E-state index is 11.5. The lowest BCUT2D eigenvalue weighted by atomic mass is 10.4. The lowest BCUT2D eigenvalue weighted by Crippen LogP contribution is -2.31. The minimum atomic E-state index is -0.775. The van der Waals surface area contributed by atoms with Crippen LogP contribution in [0.1, 0.15) is 0 Å². The molecule has 0 bridgehead atoms. The second-order valence-electron chi connectivity index (χ2n) is 3.37. The van der Waals surface area contributed by atoms with Gasteiger partial charge in [-0.1, -0.05) is 0 Å². The van der Waals surface area contributed by atoms with E-state index in [1.807, 2.05) is 0 Å². The van der Waals surface area contributed by atoms with Crippen molar-refractivity contribution in [3.8, 4) is 0 Å². The number of nitrogens with zero attached hydrogens (tertiary/aromatic N) is 3. The second kappa shape index (κ2) is 4.56. The summed E-state index contributed by atoms with van der Waals surface area (Å²) < 4.78 is 1.01. The Morgan fingerprint density at radius 1 is 1.56 bits per heavy atom. The number of pyridine rings is 1. The number of likely N-dealkylation sites (N-methyl/N-ethyl adjacent to an activating group) is 1. The highest BCUT2D eigenvalue weighted by molar-refractivity contribution is 5.75. The summed E-state index contributed by atoms with van der Waals surface area (Å²) >= 11 is 0. The molecule has 0 saturated heterocycles. The minimum absolute atomic E-state index is 0.201. The van der Waals surface area contributed by atoms with Gasteiger partial charge in [-0.3, -0.25) is 19.7 Å². The van der Waals surface area contributed by atoms with Gasteiger partial charge in [0, 0.05) is 26.4 Å². The Labute approximate surface area is 91.1 Å². The third-order valence-electron chi connectivity index (χ3n) is 2.00. The monoisotopic (exact) mass is 225 g/mol. The maximum Gasteiger partial charge on any atom is 0.334 e. The Kier molecular flexibility index (Phi) is 3.39. The van der Waals surface area contributed by atoms with E-state index in [-0.39, 0.29) is 12.5 Å². The van der Waals surface area contributed by atoms with Gasteiger partial charge in [0.15, 0.2) is 0 Å². The van der Waals surface area contributed by atoms with Crippen LogP contribution in [0.25, 0.3) is 0 Å². The van der Waals surface area contributed by atoms with Crippen LogP contribution in [-0.4, -0.2) is 34.4 Å². The third-order valence-corrected chi connectivity index (χ3v) is 2.00. The maximum atomic E-state index is 11.5. The van der Waals surface area contributed by atoms with Crippen LogP contribution in [0, 0.1) is 10.1 Å². The number of carbonyl (C=O) groups is 1. The molecule has 0 unspecified atom stereocenters. The first-order chi connectivity index (χ1) is 7.43. The molecule has 0 aliphatic heterocycles. The normalized spacial score (nSPS) is 9.88. The second-order valence-corrected chi connectivity index (χ2v) is 3.37. The number of hydrogen-bond acceptors (Lipinski definition) is 4. The number of rotatable bonds is 3. The quantitative estimate of drug-likeness (QED) is 0.528. The molecule has 86 valence electrons. The van der Waals surface area contributed by atoms with Gasteiger partial charge in [-0.2, -0.15) is 0 Å². The summed E-state index contributed by atoms with van der Waals surface area (Å²) in [5.74, 6) is -0.303. The van der Waals surface area contributed by atoms with Crippen LogP contribution < -0.4 is 5.56 Å². The molecule has 1 amide bonds. The van der Waals surface area contributed by atoms with Crippen LogP contribution in [0.4, 0.5) is 5.69 Å². The van der Waals surface area contributed by atoms with Gasteiger partial charge in [-0.05, 0) is 6.07 Å². The molecule has 0 radical (unpaired) electrons. The van der Waals surface area contributed by atoms with E-state index < -0.39 is 16.2 Å². The Balaban J connectivity index is 3.08. The van der Waals surface area contributed by atoms with E-state index in [1.54, 1.807) is 14.1 Å². The van der Waals surface area contributed by atoms with Crippen molar-refractivity contribution in [2.45, 2.75) is 6.54 Å². The molecule has 0 aliphatic rings. The standard InChI is InChI=1S/C9H11N3O4/c1-10(2)8(13)6-11-5-3-4-7(9(11)14)12(15)16/h3-5H,6H2,1-2H3. The van der Waals surface area contributed by atoms with E-state index in [9.17, 15) is 19.7 Å². The van der Waals surface area contributed by atoms with Gasteiger partial charge in [0.05, 0.1) is 4.92 Å². The average Bonchev–Trinajstić information content (AvgIpc) is 2.20. The smallest absolute Gasteiger partial charge is 0.334 e. The van der Waals surface area contributed by atoms with E-state index in [0.717, 1.165) is 10.6 Å². The van der Waals surface area contributed by atoms with Crippen LogP contribution in [0.3, 0.4) is 0 Å². The molecule has 16 heavy (non-hydrogen) atoms. The van der Waals surface area contributed by atoms with Gasteiger partial charge < -0.3 is 9.47 Å². The zero-order chi connectivity index (χ0) is 12.3. The van der Waals surface area contributed by atoms with Gasteiger partial charge in [0.1, 0.15) is 6.54 Å². The summed E-state index contributed by atoms with van der Waals surface area (Å²) in [5, 5.41) is 10.5. The average molecular weight is 225 g/mol. The Morgan fingerprint density at radius 2 is 2.19 bits per heavy atom. The Hall–Kier alpha value is -2.18. The molecule has 0 aliphatic carbocycles. The molecule has 0 N–H and O–H groups in total. The van der Waals surface area contributed by atoms with Crippen molar-refractivity contribution in [2.24, 2.45) is 0 Å². The molecule has 1 aromatic heterocycles. The Bertz CT molecular complexity index is 478. The van der Waals surface area contributed by atoms with Gasteiger partial charge in [0.2, 0.25) is 5.91 Å². The first-order valence-electron chi connectivity index (χ1n) is 4.47. The van der Waals surface area contributed by atoms with Crippen molar-refractivity contribution in [2.75, 3.05) is 14.1 Å². The largest absolute Gasteiger partial charge is 0.347 e. The van der Waals surface area contributed by atoms with Gasteiger partial charge in [-0.25, -0.2) is 0 Å². The van der Waals surface area contributed by atoms with Crippen molar-refractivity contribution in [3.05, 3.63) is 38.8 Å². The molecule has 0 aromatic carbocycles. The summed E-state index contributed by atoms with van der Waals surface area (Å²) in [5.41, 5.74) is -1.31. The van der Waals surface area contributed by atoms with Gasteiger partial charge >= 0.3 is 11.2 Å². The van der Waals surface area contributed by atoms with E-state index in [1.165, 1.54) is 17.2 Å². The number of amides is 1. The topological polar surface area (TPSA) is 85.4 Å². The van der Waals surface area contributed by atoms with Crippen LogP contribution in [0.5, 0.6) is 0 Å². The van der Waals surface area contributed by atoms with E-state index in [0.29, 0.717) is 0 Å². The van der Waals surface area contributed by atoms with Gasteiger partial charge in [0.25, 0.3) is 0 Å². The van der Waals surface area contributed by atoms with Crippen molar-refractivity contribution < 1.29 is 9.72 Å². The van der Waals surface area contributed by atoms with E-state index in [4.69, 9.17) is 0 Å². The molecule has 0 atom stereocenters. The molecular formula is C9H11N3O4. The SMILES string of the molecule is CN(C)C(=O)Cn1cccc([N+](=O)[O-])c1=O. The summed E-state index contributed by atoms with van der Waals surface area (Å²) in [6, 6.07) is 2.47. The molecule has 7 nitrogen and oxygen atoms in total. The molecule has 0 saturated carbocycles. The zero-order valence-electron chi connectivity index (χ0n) is 8.91. The number of hydrogen-bond donors (Lipinski definition) is 0. The molecule has 1 aromatic rings. The predicted molar refractivity (Wildman–Crippen MR) is 56.1 cm³/mol. The minimum Gasteiger partial charge on any atom is -0.347 e. The summed E-state index contributed by atoms with van der Waals surface area (Å²) in [7, 11) is 3.09. The molecule has 0 fully saturated rings. The fourth-order valence-electron chi connectivity index (χ4n) is 1.07. The zero-order valence-corrected chi connectivity index (χ0v) is 8.91. The first-order valence-corrected chi connectivity index (χ1v) is 4.47. The number of nitro groups is 1. The van der Waals surface area contributed by atoms with Gasteiger partial charge in [-0.15, -0.1) is 0 Å². The van der Waals surface area contributed by atoms with E-state index >= 15 is 0 Å². The van der Waals surface area contributed by atoms with Crippen LogP contribution in [-0.2, 0) is 11.3 Å². The van der Waals surface area contributed by atoms with Crippen molar-refractivity contribution in [3.63, 3.8) is 0 Å². The van der Waals surface area contributed by atoms with Crippen molar-refractivity contribution >= 4 is 11.6 Å². The predicted octanol–water partition coefficient (Wildman–Crippen LogP) is -0.155. The Morgan fingerprint density at radius 3 is 2.69 bits per heavy atom. The molecular weight excluding hydrogens is 214 g/mol. The highest BCUT2D eigenvalue weighted by Gasteiger charge is 2.15. The molecule has 1 rings (SSSR count). The van der Waals surface area contributed by atoms with Crippen LogP contribution >= 0.6 is 0 Å². The van der Waals surface area contributed by atoms with Crippen molar-refractivity contribution in [1.82, 2.24) is 9.47 Å². The van der Waals surface area contributed by atoms with Crippen LogP contribution in [0.15, 0.2) is 23.1 Å². The highest BCUT2D eigenvalue weighted by atomic mass is 16.6. The number of carbonyl (C=O) groups excluding carboxylic acids is 1. The highest BCUT2D eigenvalue weighted by Crippen LogP contribution is 2.01.